The van der Waals surface area contributed by atoms with Crippen LogP contribution < -0.4 is 0 Å². The van der Waals surface area contributed by atoms with Gasteiger partial charge >= 0.3 is 5.97 Å². The van der Waals surface area contributed by atoms with Crippen LogP contribution in [0.3, 0.4) is 0 Å². The second-order valence-corrected chi connectivity index (χ2v) is 9.51. The van der Waals surface area contributed by atoms with Crippen LogP contribution in [0.1, 0.15) is 6.42 Å². The van der Waals surface area contributed by atoms with Crippen molar-refractivity contribution in [2.24, 2.45) is 0 Å². The van der Waals surface area contributed by atoms with Crippen molar-refractivity contribution in [1.82, 2.24) is 4.57 Å². The van der Waals surface area contributed by atoms with Gasteiger partial charge in [-0.15, -0.1) is 0 Å². The highest BCUT2D eigenvalue weighted by Gasteiger charge is 2.21. The van der Waals surface area contributed by atoms with E-state index < -0.39 is 0 Å². The van der Waals surface area contributed by atoms with Crippen molar-refractivity contribution in [3.63, 3.8) is 0 Å². The molecule has 0 amide bonds. The lowest BCUT2D eigenvalue weighted by Crippen LogP contribution is -2.06. The van der Waals surface area contributed by atoms with E-state index in [1.807, 2.05) is 0 Å². The van der Waals surface area contributed by atoms with Crippen molar-refractivity contribution in [2.45, 2.75) is 13.0 Å². The van der Waals surface area contributed by atoms with Crippen LogP contribution in [0.2, 0.25) is 0 Å². The zero-order valence-electron chi connectivity index (χ0n) is 20.4. The summed E-state index contributed by atoms with van der Waals surface area (Å²) in [5.41, 5.74) is 2.47. The first-order valence-corrected chi connectivity index (χ1v) is 12.7. The number of carbonyl (C=O) groups is 1. The van der Waals surface area contributed by atoms with Crippen molar-refractivity contribution in [3.8, 4) is 0 Å². The maximum Gasteiger partial charge on any atom is 0.330 e. The Morgan fingerprint density at radius 1 is 0.622 bits per heavy atom. The van der Waals surface area contributed by atoms with E-state index in [1.165, 1.54) is 71.0 Å². The predicted octanol–water partition coefficient (Wildman–Crippen LogP) is 8.53. The summed E-state index contributed by atoms with van der Waals surface area (Å²) in [5.74, 6) is -0.380. The van der Waals surface area contributed by atoms with Gasteiger partial charge in [-0.3, -0.25) is 0 Å². The smallest absolute Gasteiger partial charge is 0.330 e. The second kappa shape index (κ2) is 8.49. The molecular weight excluding hydrogens is 454 g/mol. The van der Waals surface area contributed by atoms with Crippen LogP contribution >= 0.6 is 0 Å². The molecule has 6 aromatic carbocycles. The first kappa shape index (κ1) is 21.6. The number of esters is 1. The molecular formula is C34H25NO2. The summed E-state index contributed by atoms with van der Waals surface area (Å²) < 4.78 is 7.83. The lowest BCUT2D eigenvalue weighted by atomic mass is 9.93. The van der Waals surface area contributed by atoms with Crippen LogP contribution in [-0.4, -0.2) is 17.1 Å². The molecule has 0 N–H and O–H groups in total. The van der Waals surface area contributed by atoms with Crippen molar-refractivity contribution in [1.29, 1.82) is 0 Å². The normalized spacial score (nSPS) is 11.8. The Morgan fingerprint density at radius 2 is 1.00 bits per heavy atom. The Balaban J connectivity index is 1.70. The van der Waals surface area contributed by atoms with Crippen molar-refractivity contribution in [2.75, 3.05) is 6.61 Å². The topological polar surface area (TPSA) is 31.2 Å². The Hall–Kier alpha value is -4.63. The van der Waals surface area contributed by atoms with Gasteiger partial charge in [0.05, 0.1) is 17.6 Å². The molecule has 3 nitrogen and oxygen atoms in total. The highest BCUT2D eigenvalue weighted by Crippen LogP contribution is 2.46. The third kappa shape index (κ3) is 3.17. The second-order valence-electron chi connectivity index (χ2n) is 9.51. The molecule has 0 aliphatic rings. The van der Waals surface area contributed by atoms with Crippen LogP contribution in [0.5, 0.6) is 0 Å². The maximum absolute atomic E-state index is 11.7. The number of rotatable bonds is 5. The molecule has 1 aromatic heterocycles. The van der Waals surface area contributed by atoms with Gasteiger partial charge in [-0.25, -0.2) is 4.79 Å². The average molecular weight is 480 g/mol. The molecule has 0 radical (unpaired) electrons. The molecule has 0 unspecified atom stereocenters. The summed E-state index contributed by atoms with van der Waals surface area (Å²) in [6.07, 6.45) is 1.93. The largest absolute Gasteiger partial charge is 0.462 e. The lowest BCUT2D eigenvalue weighted by molar-refractivity contribution is -0.137. The lowest BCUT2D eigenvalue weighted by Gasteiger charge is -2.13. The summed E-state index contributed by atoms with van der Waals surface area (Å²) in [6.45, 7) is 4.60. The quantitative estimate of drug-likeness (QED) is 0.107. The highest BCUT2D eigenvalue weighted by atomic mass is 16.5. The zero-order chi connectivity index (χ0) is 24.9. The monoisotopic (exact) mass is 479 g/mol. The van der Waals surface area contributed by atoms with Crippen molar-refractivity contribution < 1.29 is 9.53 Å². The predicted molar refractivity (Wildman–Crippen MR) is 155 cm³/mol. The number of nitrogens with zero attached hydrogens (tertiary/aromatic N) is 1. The first-order chi connectivity index (χ1) is 18.3. The molecule has 0 atom stereocenters. The van der Waals surface area contributed by atoms with E-state index in [1.54, 1.807) is 0 Å². The molecule has 0 aliphatic carbocycles. The van der Waals surface area contributed by atoms with Gasteiger partial charge in [0.2, 0.25) is 0 Å². The molecule has 178 valence electrons. The fourth-order valence-electron chi connectivity index (χ4n) is 6.10. The minimum atomic E-state index is -0.380. The highest BCUT2D eigenvalue weighted by molar-refractivity contribution is 6.39. The standard InChI is InChI=1S/C34H25NO2/c1-2-30(36)37-21-11-20-35-33-28-18-9-5-14-24(28)22-12-3-7-16-26(22)31(33)32-27-17-8-4-13-23(27)25-15-6-10-19-29(25)34(32)35/h2-10,12-19H,1,11,20-21H2. The van der Waals surface area contributed by atoms with Gasteiger partial charge in [0.15, 0.2) is 0 Å². The van der Waals surface area contributed by atoms with E-state index in [4.69, 9.17) is 4.74 Å². The van der Waals surface area contributed by atoms with Gasteiger partial charge in [0.25, 0.3) is 0 Å². The van der Waals surface area contributed by atoms with E-state index >= 15 is 0 Å². The van der Waals surface area contributed by atoms with Crippen LogP contribution in [0.4, 0.5) is 0 Å². The Morgan fingerprint density at radius 3 is 1.43 bits per heavy atom. The minimum absolute atomic E-state index is 0.350. The number of benzene rings is 6. The molecule has 7 rings (SSSR count). The van der Waals surface area contributed by atoms with Crippen molar-refractivity contribution in [3.05, 3.63) is 110 Å². The van der Waals surface area contributed by atoms with E-state index in [0.717, 1.165) is 6.54 Å². The summed E-state index contributed by atoms with van der Waals surface area (Å²) in [4.78, 5) is 11.7. The minimum Gasteiger partial charge on any atom is -0.462 e. The number of hydrogen-bond acceptors (Lipinski definition) is 2. The van der Waals surface area contributed by atoms with E-state index in [-0.39, 0.29) is 5.97 Å². The number of hydrogen-bond donors (Lipinski definition) is 0. The van der Waals surface area contributed by atoms with Gasteiger partial charge < -0.3 is 9.30 Å². The fourth-order valence-corrected chi connectivity index (χ4v) is 6.10. The van der Waals surface area contributed by atoms with Gasteiger partial charge in [-0.1, -0.05) is 104 Å². The molecule has 3 heteroatoms. The summed E-state index contributed by atoms with van der Waals surface area (Å²) in [5, 5.41) is 12.6. The molecule has 0 fully saturated rings. The maximum atomic E-state index is 11.7. The fraction of sp³-hybridized carbons (Fsp3) is 0.0882. The van der Waals surface area contributed by atoms with E-state index in [2.05, 4.69) is 108 Å². The van der Waals surface area contributed by atoms with E-state index in [9.17, 15) is 4.79 Å². The molecule has 0 aliphatic heterocycles. The number of aromatic nitrogens is 1. The molecule has 0 saturated heterocycles. The molecule has 1 heterocycles. The van der Waals surface area contributed by atoms with Gasteiger partial charge in [-0.2, -0.15) is 0 Å². The Bertz CT molecular complexity index is 1900. The number of fused-ring (bicyclic) bond motifs is 13. The number of ether oxygens (including phenoxy) is 1. The number of carbonyl (C=O) groups excluding carboxylic acids is 1. The molecule has 0 saturated carbocycles. The van der Waals surface area contributed by atoms with Crippen LogP contribution in [0.25, 0.3) is 64.9 Å². The van der Waals surface area contributed by atoms with Crippen LogP contribution in [0.15, 0.2) is 110 Å². The summed E-state index contributed by atoms with van der Waals surface area (Å²) >= 11 is 0. The van der Waals surface area contributed by atoms with Crippen LogP contribution in [0, 0.1) is 0 Å². The zero-order valence-corrected chi connectivity index (χ0v) is 20.4. The van der Waals surface area contributed by atoms with Gasteiger partial charge in [-0.05, 0) is 38.7 Å². The Labute approximate surface area is 214 Å². The third-order valence-corrected chi connectivity index (χ3v) is 7.54. The van der Waals surface area contributed by atoms with E-state index in [0.29, 0.717) is 13.0 Å². The summed E-state index contributed by atoms with van der Waals surface area (Å²) in [7, 11) is 0. The number of aryl methyl sites for hydroxylation is 1. The third-order valence-electron chi connectivity index (χ3n) is 7.54. The molecule has 0 spiro atoms. The SMILES string of the molecule is C=CC(=O)OCCCn1c2c3ccccc3c3ccccc3c2c2c3ccccc3c3ccccc3c21. The average Bonchev–Trinajstić information content (AvgIpc) is 3.31. The van der Waals surface area contributed by atoms with Crippen LogP contribution in [-0.2, 0) is 16.1 Å². The summed E-state index contributed by atoms with van der Waals surface area (Å²) in [6, 6.07) is 34.9. The molecule has 37 heavy (non-hydrogen) atoms. The van der Waals surface area contributed by atoms with Crippen molar-refractivity contribution >= 4 is 70.9 Å². The Kier molecular flexibility index (Phi) is 4.97. The molecule has 7 aromatic rings. The molecule has 0 bridgehead atoms. The van der Waals surface area contributed by atoms with Gasteiger partial charge in [0.1, 0.15) is 0 Å². The first-order valence-electron chi connectivity index (χ1n) is 12.7. The van der Waals surface area contributed by atoms with Gasteiger partial charge in [0, 0.05) is 34.2 Å².